The highest BCUT2D eigenvalue weighted by atomic mass is 16.5. The molecule has 1 fully saturated rings. The first-order valence-corrected chi connectivity index (χ1v) is 5.89. The van der Waals surface area contributed by atoms with Crippen molar-refractivity contribution < 1.29 is 4.74 Å². The monoisotopic (exact) mass is 199 g/mol. The zero-order chi connectivity index (χ0) is 10.8. The maximum atomic E-state index is 6.36. The van der Waals surface area contributed by atoms with Crippen LogP contribution in [-0.2, 0) is 4.74 Å². The van der Waals surface area contributed by atoms with Gasteiger partial charge in [0.1, 0.15) is 0 Å². The summed E-state index contributed by atoms with van der Waals surface area (Å²) in [5, 5.41) is 3.52. The van der Waals surface area contributed by atoms with Crippen LogP contribution in [0.25, 0.3) is 0 Å². The molecule has 0 aliphatic carbocycles. The molecule has 1 heterocycles. The molecule has 1 N–H and O–H groups in total. The summed E-state index contributed by atoms with van der Waals surface area (Å²) in [5.74, 6) is 0.563. The quantitative estimate of drug-likeness (QED) is 0.754. The van der Waals surface area contributed by atoms with Gasteiger partial charge < -0.3 is 10.1 Å². The van der Waals surface area contributed by atoms with Crippen LogP contribution in [0.3, 0.4) is 0 Å². The summed E-state index contributed by atoms with van der Waals surface area (Å²) in [5.41, 5.74) is 0.0710. The molecular weight excluding hydrogens is 174 g/mol. The third kappa shape index (κ3) is 2.12. The van der Waals surface area contributed by atoms with E-state index in [4.69, 9.17) is 4.74 Å². The van der Waals surface area contributed by atoms with Crippen molar-refractivity contribution in [2.45, 2.75) is 58.7 Å². The fraction of sp³-hybridized carbons (Fsp3) is 1.00. The second-order valence-corrected chi connectivity index (χ2v) is 5.06. The van der Waals surface area contributed by atoms with Crippen LogP contribution in [0.1, 0.15) is 47.5 Å². The van der Waals surface area contributed by atoms with Gasteiger partial charge in [0.15, 0.2) is 0 Å². The van der Waals surface area contributed by atoms with Gasteiger partial charge in [0.05, 0.1) is 11.2 Å². The second-order valence-electron chi connectivity index (χ2n) is 5.06. The molecule has 0 saturated carbocycles. The summed E-state index contributed by atoms with van der Waals surface area (Å²) < 4.78 is 6.36. The molecule has 1 aliphatic rings. The Kier molecular flexibility index (Phi) is 3.59. The van der Waals surface area contributed by atoms with E-state index >= 15 is 0 Å². The Bertz CT molecular complexity index is 183. The van der Waals surface area contributed by atoms with Gasteiger partial charge in [-0.15, -0.1) is 0 Å². The second kappa shape index (κ2) is 4.19. The lowest BCUT2D eigenvalue weighted by Crippen LogP contribution is -2.60. The molecule has 1 unspecified atom stereocenters. The fourth-order valence-corrected chi connectivity index (χ4v) is 2.07. The van der Waals surface area contributed by atoms with E-state index in [-0.39, 0.29) is 11.2 Å². The average Bonchev–Trinajstić information content (AvgIpc) is 2.17. The first-order valence-electron chi connectivity index (χ1n) is 5.89. The smallest absolute Gasteiger partial charge is 0.0809 e. The van der Waals surface area contributed by atoms with Crippen molar-refractivity contribution in [3.05, 3.63) is 0 Å². The summed E-state index contributed by atoms with van der Waals surface area (Å²) in [6, 6.07) is 0. The summed E-state index contributed by atoms with van der Waals surface area (Å²) in [6.07, 6.45) is 2.19. The largest absolute Gasteiger partial charge is 0.366 e. The van der Waals surface area contributed by atoms with Crippen molar-refractivity contribution in [2.75, 3.05) is 13.1 Å². The summed E-state index contributed by atoms with van der Waals surface area (Å²) in [7, 11) is 0. The van der Waals surface area contributed by atoms with Crippen LogP contribution in [0.15, 0.2) is 0 Å². The molecule has 2 heteroatoms. The topological polar surface area (TPSA) is 21.3 Å². The van der Waals surface area contributed by atoms with Gasteiger partial charge in [0.25, 0.3) is 0 Å². The third-order valence-electron chi connectivity index (χ3n) is 3.88. The van der Waals surface area contributed by atoms with Crippen molar-refractivity contribution in [1.29, 1.82) is 0 Å². The molecule has 84 valence electrons. The number of rotatable bonds is 3. The van der Waals surface area contributed by atoms with Crippen LogP contribution in [-0.4, -0.2) is 24.3 Å². The lowest BCUT2D eigenvalue weighted by atomic mass is 9.86. The predicted molar refractivity (Wildman–Crippen MR) is 60.5 cm³/mol. The molecule has 14 heavy (non-hydrogen) atoms. The van der Waals surface area contributed by atoms with Crippen molar-refractivity contribution in [2.24, 2.45) is 5.92 Å². The molecule has 0 radical (unpaired) electrons. The Morgan fingerprint density at radius 2 is 1.79 bits per heavy atom. The first kappa shape index (κ1) is 12.0. The van der Waals surface area contributed by atoms with Gasteiger partial charge in [-0.25, -0.2) is 0 Å². The first-order chi connectivity index (χ1) is 6.48. The minimum absolute atomic E-state index is 0.00424. The Hall–Kier alpha value is -0.0800. The van der Waals surface area contributed by atoms with E-state index in [0.29, 0.717) is 5.92 Å². The SMILES string of the molecule is CCC1(CC)CNCC(C)(C(C)C)O1. The van der Waals surface area contributed by atoms with Gasteiger partial charge in [-0.3, -0.25) is 0 Å². The number of nitrogens with one attached hydrogen (secondary N) is 1. The highest BCUT2D eigenvalue weighted by Crippen LogP contribution is 2.34. The lowest BCUT2D eigenvalue weighted by Gasteiger charge is -2.49. The van der Waals surface area contributed by atoms with E-state index < -0.39 is 0 Å². The van der Waals surface area contributed by atoms with Crippen LogP contribution in [0, 0.1) is 5.92 Å². The molecule has 0 aromatic heterocycles. The summed E-state index contributed by atoms with van der Waals surface area (Å²) in [6.45, 7) is 13.1. The molecule has 0 aromatic rings. The zero-order valence-corrected chi connectivity index (χ0v) is 10.3. The standard InChI is InChI=1S/C12H25NO/c1-6-12(7-2)9-13-8-11(5,14-12)10(3)4/h10,13H,6-9H2,1-5H3. The Morgan fingerprint density at radius 3 is 2.21 bits per heavy atom. The van der Waals surface area contributed by atoms with Gasteiger partial charge in [-0.05, 0) is 25.7 Å². The van der Waals surface area contributed by atoms with Crippen LogP contribution in [0.4, 0.5) is 0 Å². The summed E-state index contributed by atoms with van der Waals surface area (Å²) in [4.78, 5) is 0. The Morgan fingerprint density at radius 1 is 1.21 bits per heavy atom. The van der Waals surface area contributed by atoms with Crippen LogP contribution in [0.2, 0.25) is 0 Å². The van der Waals surface area contributed by atoms with Gasteiger partial charge in [-0.1, -0.05) is 27.7 Å². The molecule has 0 aromatic carbocycles. The highest BCUT2D eigenvalue weighted by Gasteiger charge is 2.42. The number of hydrogen-bond acceptors (Lipinski definition) is 2. The molecule has 2 nitrogen and oxygen atoms in total. The van der Waals surface area contributed by atoms with Crippen molar-refractivity contribution in [3.63, 3.8) is 0 Å². The van der Waals surface area contributed by atoms with E-state index in [0.717, 1.165) is 25.9 Å². The van der Waals surface area contributed by atoms with Crippen LogP contribution < -0.4 is 5.32 Å². The van der Waals surface area contributed by atoms with Crippen LogP contribution in [0.5, 0.6) is 0 Å². The van der Waals surface area contributed by atoms with Crippen molar-refractivity contribution >= 4 is 0 Å². The molecule has 0 amide bonds. The van der Waals surface area contributed by atoms with Crippen molar-refractivity contribution in [1.82, 2.24) is 5.32 Å². The molecule has 0 bridgehead atoms. The van der Waals surface area contributed by atoms with Crippen LogP contribution >= 0.6 is 0 Å². The molecule has 0 spiro atoms. The highest BCUT2D eigenvalue weighted by molar-refractivity contribution is 4.94. The molecule has 1 atom stereocenters. The zero-order valence-electron chi connectivity index (χ0n) is 10.3. The van der Waals surface area contributed by atoms with E-state index in [2.05, 4.69) is 39.9 Å². The minimum atomic E-state index is 0.00424. The maximum Gasteiger partial charge on any atom is 0.0809 e. The van der Waals surface area contributed by atoms with E-state index in [1.54, 1.807) is 0 Å². The average molecular weight is 199 g/mol. The van der Waals surface area contributed by atoms with E-state index in [9.17, 15) is 0 Å². The predicted octanol–water partition coefficient (Wildman–Crippen LogP) is 2.58. The number of morpholine rings is 1. The van der Waals surface area contributed by atoms with Gasteiger partial charge in [0, 0.05) is 13.1 Å². The fourth-order valence-electron chi connectivity index (χ4n) is 2.07. The maximum absolute atomic E-state index is 6.36. The van der Waals surface area contributed by atoms with Crippen molar-refractivity contribution in [3.8, 4) is 0 Å². The molecule has 1 aliphatic heterocycles. The number of hydrogen-bond donors (Lipinski definition) is 1. The molecule has 1 saturated heterocycles. The molecular formula is C12H25NO. The normalized spacial score (nSPS) is 32.1. The lowest BCUT2D eigenvalue weighted by molar-refractivity contribution is -0.191. The van der Waals surface area contributed by atoms with E-state index in [1.807, 2.05) is 0 Å². The Labute approximate surface area is 88.4 Å². The third-order valence-corrected chi connectivity index (χ3v) is 3.88. The van der Waals surface area contributed by atoms with Gasteiger partial charge in [-0.2, -0.15) is 0 Å². The van der Waals surface area contributed by atoms with E-state index in [1.165, 1.54) is 0 Å². The van der Waals surface area contributed by atoms with Gasteiger partial charge >= 0.3 is 0 Å². The number of ether oxygens (including phenoxy) is 1. The Balaban J connectivity index is 2.76. The van der Waals surface area contributed by atoms with Gasteiger partial charge in [0.2, 0.25) is 0 Å². The summed E-state index contributed by atoms with van der Waals surface area (Å²) >= 11 is 0. The molecule has 1 rings (SSSR count). The minimum Gasteiger partial charge on any atom is -0.366 e.